The molecule has 0 amide bonds. The molecule has 3 aromatic rings. The molecular formula is C21H16O11. The van der Waals surface area contributed by atoms with Gasteiger partial charge in [-0.15, -0.1) is 0 Å². The highest BCUT2D eigenvalue weighted by Crippen LogP contribution is 2.38. The molecule has 0 atom stereocenters. The molecule has 0 aliphatic rings. The minimum Gasteiger partial charge on any atom is -0.504 e. The molecule has 11 heteroatoms. The molecule has 32 heavy (non-hydrogen) atoms. The number of methoxy groups -OCH3 is 1. The Kier molecular flexibility index (Phi) is 5.83. The molecule has 0 aliphatic carbocycles. The molecule has 0 unspecified atom stereocenters. The second-order valence-corrected chi connectivity index (χ2v) is 6.32. The Morgan fingerprint density at radius 1 is 0.625 bits per heavy atom. The monoisotopic (exact) mass is 444 g/mol. The summed E-state index contributed by atoms with van der Waals surface area (Å²) in [6.45, 7) is 0. The molecule has 3 rings (SSSR count). The van der Waals surface area contributed by atoms with Crippen molar-refractivity contribution in [3.8, 4) is 51.7 Å². The molecule has 11 nitrogen and oxygen atoms in total. The van der Waals surface area contributed by atoms with Crippen molar-refractivity contribution in [2.24, 2.45) is 0 Å². The van der Waals surface area contributed by atoms with Crippen molar-refractivity contribution in [2.75, 3.05) is 7.11 Å². The number of carbonyl (C=O) groups is 2. The molecule has 0 aliphatic heterocycles. The van der Waals surface area contributed by atoms with Crippen LogP contribution in [0, 0.1) is 0 Å². The summed E-state index contributed by atoms with van der Waals surface area (Å²) in [7, 11) is 1.26. The van der Waals surface area contributed by atoms with Crippen molar-refractivity contribution >= 4 is 11.9 Å². The first-order chi connectivity index (χ1) is 15.1. The van der Waals surface area contributed by atoms with E-state index in [4.69, 9.17) is 14.2 Å². The third kappa shape index (κ3) is 4.36. The quantitative estimate of drug-likeness (QED) is 0.193. The minimum absolute atomic E-state index is 0.0210. The zero-order valence-electron chi connectivity index (χ0n) is 16.3. The SMILES string of the molecule is COc1cc(OC(=O)c2cc(O)c(O)c(O)c2)ccc1OC(=O)c1cc(O)c(O)c(O)c1. The molecule has 6 N–H and O–H groups in total. The van der Waals surface area contributed by atoms with Crippen LogP contribution in [0.25, 0.3) is 0 Å². The van der Waals surface area contributed by atoms with Crippen molar-refractivity contribution in [3.63, 3.8) is 0 Å². The van der Waals surface area contributed by atoms with Crippen LogP contribution in [0.5, 0.6) is 51.7 Å². The lowest BCUT2D eigenvalue weighted by Gasteiger charge is -2.12. The second-order valence-electron chi connectivity index (χ2n) is 6.32. The van der Waals surface area contributed by atoms with E-state index in [0.29, 0.717) is 0 Å². The largest absolute Gasteiger partial charge is 0.504 e. The fourth-order valence-corrected chi connectivity index (χ4v) is 2.56. The van der Waals surface area contributed by atoms with Gasteiger partial charge in [0.15, 0.2) is 46.0 Å². The number of phenolic OH excluding ortho intramolecular Hbond substituents is 6. The first-order valence-electron chi connectivity index (χ1n) is 8.73. The smallest absolute Gasteiger partial charge is 0.343 e. The molecule has 0 spiro atoms. The lowest BCUT2D eigenvalue weighted by Crippen LogP contribution is -2.10. The van der Waals surface area contributed by atoms with Gasteiger partial charge in [0, 0.05) is 6.07 Å². The van der Waals surface area contributed by atoms with Gasteiger partial charge >= 0.3 is 11.9 Å². The summed E-state index contributed by atoms with van der Waals surface area (Å²) < 4.78 is 15.4. The Balaban J connectivity index is 1.80. The topological polar surface area (TPSA) is 183 Å². The fourth-order valence-electron chi connectivity index (χ4n) is 2.56. The maximum atomic E-state index is 12.3. The van der Waals surface area contributed by atoms with Crippen LogP contribution in [0.2, 0.25) is 0 Å². The van der Waals surface area contributed by atoms with Gasteiger partial charge in [-0.2, -0.15) is 0 Å². The summed E-state index contributed by atoms with van der Waals surface area (Å²) in [5.74, 6) is -6.59. The number of carbonyl (C=O) groups excluding carboxylic acids is 2. The normalized spacial score (nSPS) is 10.4. The molecule has 166 valence electrons. The fraction of sp³-hybridized carbons (Fsp3) is 0.0476. The summed E-state index contributed by atoms with van der Waals surface area (Å²) in [5.41, 5.74) is -0.512. The Bertz CT molecular complexity index is 1170. The van der Waals surface area contributed by atoms with Crippen molar-refractivity contribution in [1.29, 1.82) is 0 Å². The van der Waals surface area contributed by atoms with Crippen LogP contribution >= 0.6 is 0 Å². The van der Waals surface area contributed by atoms with E-state index in [1.54, 1.807) is 0 Å². The highest BCUT2D eigenvalue weighted by Gasteiger charge is 2.19. The predicted molar refractivity (Wildman–Crippen MR) is 106 cm³/mol. The van der Waals surface area contributed by atoms with Crippen LogP contribution in [0.15, 0.2) is 42.5 Å². The maximum Gasteiger partial charge on any atom is 0.343 e. The number of aromatic hydroxyl groups is 6. The Morgan fingerprint density at radius 3 is 1.50 bits per heavy atom. The molecule has 0 aromatic heterocycles. The second kappa shape index (κ2) is 8.52. The first kappa shape index (κ1) is 21.9. The van der Waals surface area contributed by atoms with Gasteiger partial charge in [-0.05, 0) is 36.4 Å². The average Bonchev–Trinajstić information content (AvgIpc) is 2.75. The zero-order valence-corrected chi connectivity index (χ0v) is 16.3. The van der Waals surface area contributed by atoms with Gasteiger partial charge < -0.3 is 44.8 Å². The lowest BCUT2D eigenvalue weighted by molar-refractivity contribution is 0.0714. The summed E-state index contributed by atoms with van der Waals surface area (Å²) >= 11 is 0. The number of esters is 2. The van der Waals surface area contributed by atoms with Crippen LogP contribution in [-0.2, 0) is 0 Å². The van der Waals surface area contributed by atoms with Crippen LogP contribution in [-0.4, -0.2) is 49.7 Å². The number of hydrogen-bond donors (Lipinski definition) is 6. The van der Waals surface area contributed by atoms with E-state index in [9.17, 15) is 40.2 Å². The Hall–Kier alpha value is -4.80. The lowest BCUT2D eigenvalue weighted by atomic mass is 10.2. The van der Waals surface area contributed by atoms with E-state index in [1.807, 2.05) is 0 Å². The molecule has 0 saturated heterocycles. The van der Waals surface area contributed by atoms with E-state index in [0.717, 1.165) is 24.3 Å². The molecular weight excluding hydrogens is 428 g/mol. The number of ether oxygens (including phenoxy) is 3. The molecule has 0 saturated carbocycles. The third-order valence-electron chi connectivity index (χ3n) is 4.16. The molecule has 0 heterocycles. The summed E-state index contributed by atoms with van der Waals surface area (Å²) in [5, 5.41) is 56.8. The highest BCUT2D eigenvalue weighted by atomic mass is 16.6. The van der Waals surface area contributed by atoms with Gasteiger partial charge in [-0.3, -0.25) is 0 Å². The minimum atomic E-state index is -0.992. The summed E-state index contributed by atoms with van der Waals surface area (Å²) in [6.07, 6.45) is 0. The highest BCUT2D eigenvalue weighted by molar-refractivity contribution is 5.93. The average molecular weight is 444 g/mol. The Morgan fingerprint density at radius 2 is 1.06 bits per heavy atom. The van der Waals surface area contributed by atoms with E-state index in [1.165, 1.54) is 25.3 Å². The van der Waals surface area contributed by atoms with Gasteiger partial charge in [-0.25, -0.2) is 9.59 Å². The molecule has 0 radical (unpaired) electrons. The van der Waals surface area contributed by atoms with Crippen molar-refractivity contribution in [3.05, 3.63) is 53.6 Å². The maximum absolute atomic E-state index is 12.3. The first-order valence-corrected chi connectivity index (χ1v) is 8.73. The zero-order chi connectivity index (χ0) is 23.6. The summed E-state index contributed by atoms with van der Waals surface area (Å²) in [4.78, 5) is 24.6. The van der Waals surface area contributed by atoms with Gasteiger partial charge in [0.2, 0.25) is 0 Å². The van der Waals surface area contributed by atoms with Crippen LogP contribution in [0.1, 0.15) is 20.7 Å². The summed E-state index contributed by atoms with van der Waals surface area (Å²) in [6, 6.07) is 7.29. The van der Waals surface area contributed by atoms with Crippen molar-refractivity contribution in [2.45, 2.75) is 0 Å². The standard InChI is InChI=1S/C21H16O11/c1-30-17-8-11(31-20(28)9-4-12(22)18(26)13(23)5-9)2-3-16(17)32-21(29)10-6-14(24)19(27)15(25)7-10/h2-8,22-27H,1H3. The van der Waals surface area contributed by atoms with Crippen LogP contribution in [0.4, 0.5) is 0 Å². The van der Waals surface area contributed by atoms with E-state index in [-0.39, 0.29) is 28.4 Å². The van der Waals surface area contributed by atoms with Crippen molar-refractivity contribution in [1.82, 2.24) is 0 Å². The number of hydrogen-bond acceptors (Lipinski definition) is 11. The molecule has 3 aromatic carbocycles. The van der Waals surface area contributed by atoms with Crippen LogP contribution < -0.4 is 14.2 Å². The van der Waals surface area contributed by atoms with Crippen molar-refractivity contribution < 1.29 is 54.4 Å². The Labute approximate surface area is 179 Å². The third-order valence-corrected chi connectivity index (χ3v) is 4.16. The molecule has 0 bridgehead atoms. The number of rotatable bonds is 5. The van der Waals surface area contributed by atoms with Crippen LogP contribution in [0.3, 0.4) is 0 Å². The van der Waals surface area contributed by atoms with E-state index < -0.39 is 46.4 Å². The number of benzene rings is 3. The van der Waals surface area contributed by atoms with Gasteiger partial charge in [0.1, 0.15) is 5.75 Å². The molecule has 0 fully saturated rings. The van der Waals surface area contributed by atoms with Gasteiger partial charge in [-0.1, -0.05) is 0 Å². The van der Waals surface area contributed by atoms with Gasteiger partial charge in [0.25, 0.3) is 0 Å². The predicted octanol–water partition coefficient (Wildman–Crippen LogP) is 2.37. The number of phenols is 6. The van der Waals surface area contributed by atoms with E-state index in [2.05, 4.69) is 0 Å². The van der Waals surface area contributed by atoms with Gasteiger partial charge in [0.05, 0.1) is 18.2 Å². The van der Waals surface area contributed by atoms with E-state index >= 15 is 0 Å².